The van der Waals surface area contributed by atoms with E-state index in [4.69, 9.17) is 4.74 Å². The van der Waals surface area contributed by atoms with Gasteiger partial charge in [-0.2, -0.15) is 0 Å². The van der Waals surface area contributed by atoms with Gasteiger partial charge in [0, 0.05) is 5.92 Å². The highest BCUT2D eigenvalue weighted by Crippen LogP contribution is 2.43. The lowest BCUT2D eigenvalue weighted by atomic mass is 9.94. The van der Waals surface area contributed by atoms with Crippen LogP contribution in [0.1, 0.15) is 19.3 Å². The number of aliphatic hydroxyl groups is 2. The predicted molar refractivity (Wildman–Crippen MR) is 34.2 cm³/mol. The summed E-state index contributed by atoms with van der Waals surface area (Å²) in [5.74, 6) is 0.183. The standard InChI is InChI=1S/C7H12O3/c8-6-7(9)3-1-2-5(7)4-10-6/h5-6,8-9H,1-4H2/t5-,6?,7+/m1/s1. The fourth-order valence-electron chi connectivity index (χ4n) is 1.99. The minimum Gasteiger partial charge on any atom is -0.384 e. The molecule has 2 rings (SSSR count). The number of aliphatic hydroxyl groups excluding tert-OH is 1. The van der Waals surface area contributed by atoms with Crippen molar-refractivity contribution >= 4 is 0 Å². The first-order chi connectivity index (χ1) is 4.73. The fraction of sp³-hybridized carbons (Fsp3) is 1.00. The van der Waals surface area contributed by atoms with Crippen LogP contribution in [0.5, 0.6) is 0 Å². The van der Waals surface area contributed by atoms with Crippen LogP contribution >= 0.6 is 0 Å². The molecule has 0 aromatic rings. The van der Waals surface area contributed by atoms with Gasteiger partial charge < -0.3 is 14.9 Å². The molecule has 2 N–H and O–H groups in total. The molecule has 2 fully saturated rings. The monoisotopic (exact) mass is 144 g/mol. The van der Waals surface area contributed by atoms with E-state index in [2.05, 4.69) is 0 Å². The van der Waals surface area contributed by atoms with E-state index >= 15 is 0 Å². The molecule has 0 aromatic heterocycles. The van der Waals surface area contributed by atoms with Gasteiger partial charge in [-0.3, -0.25) is 0 Å². The first kappa shape index (κ1) is 6.58. The van der Waals surface area contributed by atoms with Crippen molar-refractivity contribution in [1.82, 2.24) is 0 Å². The third-order valence-electron chi connectivity index (χ3n) is 2.72. The minimum atomic E-state index is -0.931. The van der Waals surface area contributed by atoms with Crippen LogP contribution in [-0.2, 0) is 4.74 Å². The van der Waals surface area contributed by atoms with Gasteiger partial charge in [0.05, 0.1) is 6.61 Å². The summed E-state index contributed by atoms with van der Waals surface area (Å²) in [4.78, 5) is 0. The average Bonchev–Trinajstić information content (AvgIpc) is 2.36. The summed E-state index contributed by atoms with van der Waals surface area (Å²) in [7, 11) is 0. The topological polar surface area (TPSA) is 49.7 Å². The molecule has 3 atom stereocenters. The molecule has 2 aliphatic rings. The Hall–Kier alpha value is -0.120. The van der Waals surface area contributed by atoms with Crippen LogP contribution in [0.4, 0.5) is 0 Å². The number of fused-ring (bicyclic) bond motifs is 1. The smallest absolute Gasteiger partial charge is 0.184 e. The zero-order chi connectivity index (χ0) is 7.19. The van der Waals surface area contributed by atoms with Gasteiger partial charge in [-0.25, -0.2) is 0 Å². The number of rotatable bonds is 0. The Morgan fingerprint density at radius 1 is 1.50 bits per heavy atom. The molecular formula is C7H12O3. The van der Waals surface area contributed by atoms with E-state index in [1.165, 1.54) is 0 Å². The summed E-state index contributed by atoms with van der Waals surface area (Å²) in [6.07, 6.45) is 1.77. The molecular weight excluding hydrogens is 132 g/mol. The molecule has 1 heterocycles. The molecule has 1 saturated heterocycles. The molecule has 0 radical (unpaired) electrons. The van der Waals surface area contributed by atoms with E-state index in [1.54, 1.807) is 0 Å². The lowest BCUT2D eigenvalue weighted by molar-refractivity contribution is -0.160. The Morgan fingerprint density at radius 3 is 3.00 bits per heavy atom. The maximum absolute atomic E-state index is 9.72. The first-order valence-corrected chi connectivity index (χ1v) is 3.75. The molecule has 3 heteroatoms. The van der Waals surface area contributed by atoms with Crippen molar-refractivity contribution in [3.63, 3.8) is 0 Å². The maximum atomic E-state index is 9.72. The van der Waals surface area contributed by atoms with Crippen molar-refractivity contribution < 1.29 is 14.9 Å². The van der Waals surface area contributed by atoms with E-state index in [1.807, 2.05) is 0 Å². The lowest BCUT2D eigenvalue weighted by Crippen LogP contribution is -2.39. The average molecular weight is 144 g/mol. The Labute approximate surface area is 59.6 Å². The molecule has 0 amide bonds. The van der Waals surface area contributed by atoms with E-state index in [9.17, 15) is 10.2 Å². The molecule has 1 saturated carbocycles. The van der Waals surface area contributed by atoms with Crippen molar-refractivity contribution in [2.75, 3.05) is 6.61 Å². The predicted octanol–water partition coefficient (Wildman–Crippen LogP) is -0.134. The van der Waals surface area contributed by atoms with Crippen LogP contribution < -0.4 is 0 Å². The van der Waals surface area contributed by atoms with E-state index < -0.39 is 11.9 Å². The van der Waals surface area contributed by atoms with Crippen LogP contribution in [0.25, 0.3) is 0 Å². The molecule has 1 aliphatic carbocycles. The van der Waals surface area contributed by atoms with Crippen molar-refractivity contribution in [3.05, 3.63) is 0 Å². The number of ether oxygens (including phenoxy) is 1. The zero-order valence-electron chi connectivity index (χ0n) is 5.79. The van der Waals surface area contributed by atoms with Crippen LogP contribution in [0, 0.1) is 5.92 Å². The Kier molecular flexibility index (Phi) is 1.27. The van der Waals surface area contributed by atoms with E-state index in [-0.39, 0.29) is 5.92 Å². The van der Waals surface area contributed by atoms with Gasteiger partial charge >= 0.3 is 0 Å². The van der Waals surface area contributed by atoms with Crippen LogP contribution in [-0.4, -0.2) is 28.7 Å². The summed E-state index contributed by atoms with van der Waals surface area (Å²) < 4.78 is 4.93. The lowest BCUT2D eigenvalue weighted by Gasteiger charge is -2.23. The molecule has 1 unspecified atom stereocenters. The highest BCUT2D eigenvalue weighted by molar-refractivity contribution is 4.98. The van der Waals surface area contributed by atoms with Crippen molar-refractivity contribution in [3.8, 4) is 0 Å². The van der Waals surface area contributed by atoms with Crippen molar-refractivity contribution in [2.24, 2.45) is 5.92 Å². The molecule has 1 aliphatic heterocycles. The largest absolute Gasteiger partial charge is 0.384 e. The van der Waals surface area contributed by atoms with Gasteiger partial charge in [0.1, 0.15) is 5.60 Å². The van der Waals surface area contributed by atoms with Gasteiger partial charge in [0.15, 0.2) is 6.29 Å². The minimum absolute atomic E-state index is 0.183. The Morgan fingerprint density at radius 2 is 2.30 bits per heavy atom. The zero-order valence-corrected chi connectivity index (χ0v) is 5.79. The SMILES string of the molecule is OC1OC[C@H]2CCC[C@@]12O. The summed E-state index contributed by atoms with van der Waals surface area (Å²) >= 11 is 0. The molecule has 58 valence electrons. The second kappa shape index (κ2) is 1.94. The second-order valence-corrected chi connectivity index (χ2v) is 3.27. The van der Waals surface area contributed by atoms with E-state index in [0.29, 0.717) is 13.0 Å². The van der Waals surface area contributed by atoms with Gasteiger partial charge in [0.25, 0.3) is 0 Å². The molecule has 0 spiro atoms. The summed E-state index contributed by atoms with van der Waals surface area (Å²) in [6, 6.07) is 0. The van der Waals surface area contributed by atoms with Crippen molar-refractivity contribution in [2.45, 2.75) is 31.2 Å². The van der Waals surface area contributed by atoms with Gasteiger partial charge in [-0.05, 0) is 19.3 Å². The summed E-state index contributed by atoms with van der Waals surface area (Å²) in [5, 5.41) is 18.9. The number of hydrogen-bond donors (Lipinski definition) is 2. The quantitative estimate of drug-likeness (QED) is 0.497. The summed E-state index contributed by atoms with van der Waals surface area (Å²) in [6.45, 7) is 0.525. The van der Waals surface area contributed by atoms with Gasteiger partial charge in [-0.15, -0.1) is 0 Å². The normalized spacial score (nSPS) is 53.4. The molecule has 3 nitrogen and oxygen atoms in total. The highest BCUT2D eigenvalue weighted by atomic mass is 16.6. The fourth-order valence-corrected chi connectivity index (χ4v) is 1.99. The molecule has 0 aromatic carbocycles. The molecule has 0 bridgehead atoms. The third kappa shape index (κ3) is 0.654. The first-order valence-electron chi connectivity index (χ1n) is 3.75. The maximum Gasteiger partial charge on any atom is 0.184 e. The van der Waals surface area contributed by atoms with E-state index in [0.717, 1.165) is 12.8 Å². The van der Waals surface area contributed by atoms with Crippen LogP contribution in [0.2, 0.25) is 0 Å². The third-order valence-corrected chi connectivity index (χ3v) is 2.72. The Bertz CT molecular complexity index is 148. The van der Waals surface area contributed by atoms with Crippen molar-refractivity contribution in [1.29, 1.82) is 0 Å². The summed E-state index contributed by atoms with van der Waals surface area (Å²) in [5.41, 5.74) is -0.903. The molecule has 10 heavy (non-hydrogen) atoms. The van der Waals surface area contributed by atoms with Crippen LogP contribution in [0.15, 0.2) is 0 Å². The number of hydrogen-bond acceptors (Lipinski definition) is 3. The Balaban J connectivity index is 2.21. The van der Waals surface area contributed by atoms with Gasteiger partial charge in [0.2, 0.25) is 0 Å². The van der Waals surface area contributed by atoms with Gasteiger partial charge in [-0.1, -0.05) is 0 Å². The second-order valence-electron chi connectivity index (χ2n) is 3.27. The highest BCUT2D eigenvalue weighted by Gasteiger charge is 2.52. The van der Waals surface area contributed by atoms with Crippen LogP contribution in [0.3, 0.4) is 0 Å².